The number of piperazine rings is 1. The number of rotatable bonds is 3. The lowest BCUT2D eigenvalue weighted by Crippen LogP contribution is -2.61. The van der Waals surface area contributed by atoms with Crippen LogP contribution in [0.2, 0.25) is 0 Å². The average Bonchev–Trinajstić information content (AvgIpc) is 3.15. The Balaban J connectivity index is 1.45. The maximum atomic E-state index is 13.0. The molecule has 3 aliphatic rings. The molecular weight excluding hydrogens is 350 g/mol. The lowest BCUT2D eigenvalue weighted by molar-refractivity contribution is -0.151. The SMILES string of the molecule is CC(=O)N1CCN(Cc2ccc3c(c2)OCO3)CC1C(=O)N1CCOCC1. The molecule has 3 aliphatic heterocycles. The minimum absolute atomic E-state index is 0.0175. The Kier molecular flexibility index (Phi) is 5.18. The van der Waals surface area contributed by atoms with Crippen molar-refractivity contribution in [1.29, 1.82) is 0 Å². The lowest BCUT2D eigenvalue weighted by atomic mass is 10.1. The van der Waals surface area contributed by atoms with Crippen molar-refractivity contribution in [2.24, 2.45) is 0 Å². The Labute approximate surface area is 158 Å². The van der Waals surface area contributed by atoms with Crippen LogP contribution in [0.1, 0.15) is 12.5 Å². The van der Waals surface area contributed by atoms with E-state index in [2.05, 4.69) is 4.90 Å². The van der Waals surface area contributed by atoms with Crippen LogP contribution in [0.15, 0.2) is 18.2 Å². The largest absolute Gasteiger partial charge is 0.454 e. The van der Waals surface area contributed by atoms with Gasteiger partial charge in [0.15, 0.2) is 11.5 Å². The second-order valence-corrected chi connectivity index (χ2v) is 7.09. The standard InChI is InChI=1S/C19H25N3O5/c1-14(23)22-5-4-20(11-15-2-3-17-18(10-15)27-13-26-17)12-16(22)19(24)21-6-8-25-9-7-21/h2-3,10,16H,4-9,11-13H2,1H3. The van der Waals surface area contributed by atoms with E-state index in [-0.39, 0.29) is 18.6 Å². The number of morpholine rings is 1. The van der Waals surface area contributed by atoms with Gasteiger partial charge in [0.25, 0.3) is 0 Å². The van der Waals surface area contributed by atoms with Crippen molar-refractivity contribution in [2.75, 3.05) is 52.7 Å². The van der Waals surface area contributed by atoms with Gasteiger partial charge in [0, 0.05) is 46.2 Å². The minimum Gasteiger partial charge on any atom is -0.454 e. The Bertz CT molecular complexity index is 719. The van der Waals surface area contributed by atoms with Gasteiger partial charge in [-0.15, -0.1) is 0 Å². The van der Waals surface area contributed by atoms with Crippen molar-refractivity contribution in [1.82, 2.24) is 14.7 Å². The summed E-state index contributed by atoms with van der Waals surface area (Å²) in [5.41, 5.74) is 1.10. The van der Waals surface area contributed by atoms with Gasteiger partial charge < -0.3 is 24.0 Å². The van der Waals surface area contributed by atoms with Gasteiger partial charge in [-0.3, -0.25) is 14.5 Å². The third-order valence-electron chi connectivity index (χ3n) is 5.32. The fourth-order valence-corrected chi connectivity index (χ4v) is 3.86. The molecule has 2 amide bonds. The first-order valence-corrected chi connectivity index (χ1v) is 9.36. The van der Waals surface area contributed by atoms with E-state index in [1.54, 1.807) is 4.90 Å². The third-order valence-corrected chi connectivity index (χ3v) is 5.32. The molecule has 2 saturated heterocycles. The number of hydrogen-bond donors (Lipinski definition) is 0. The Morgan fingerprint density at radius 1 is 1.07 bits per heavy atom. The van der Waals surface area contributed by atoms with Gasteiger partial charge in [0.05, 0.1) is 13.2 Å². The Morgan fingerprint density at radius 2 is 1.85 bits per heavy atom. The molecule has 3 heterocycles. The second kappa shape index (κ2) is 7.74. The quantitative estimate of drug-likeness (QED) is 0.757. The molecule has 2 fully saturated rings. The predicted molar refractivity (Wildman–Crippen MR) is 96.4 cm³/mol. The Hall–Kier alpha value is -2.32. The summed E-state index contributed by atoms with van der Waals surface area (Å²) >= 11 is 0. The van der Waals surface area contributed by atoms with E-state index in [0.29, 0.717) is 45.9 Å². The highest BCUT2D eigenvalue weighted by Crippen LogP contribution is 2.33. The summed E-state index contributed by atoms with van der Waals surface area (Å²) in [6.07, 6.45) is 0. The highest BCUT2D eigenvalue weighted by molar-refractivity contribution is 5.87. The van der Waals surface area contributed by atoms with Crippen LogP contribution in [0.25, 0.3) is 0 Å². The van der Waals surface area contributed by atoms with Gasteiger partial charge in [-0.1, -0.05) is 6.07 Å². The van der Waals surface area contributed by atoms with Crippen LogP contribution >= 0.6 is 0 Å². The second-order valence-electron chi connectivity index (χ2n) is 7.09. The highest BCUT2D eigenvalue weighted by atomic mass is 16.7. The molecule has 8 nitrogen and oxygen atoms in total. The molecule has 4 rings (SSSR count). The van der Waals surface area contributed by atoms with E-state index < -0.39 is 6.04 Å². The molecule has 0 aromatic heterocycles. The van der Waals surface area contributed by atoms with Crippen LogP contribution in [0.5, 0.6) is 11.5 Å². The van der Waals surface area contributed by atoms with Gasteiger partial charge >= 0.3 is 0 Å². The van der Waals surface area contributed by atoms with Crippen LogP contribution in [0, 0.1) is 0 Å². The zero-order valence-electron chi connectivity index (χ0n) is 15.6. The zero-order valence-corrected chi connectivity index (χ0v) is 15.6. The maximum absolute atomic E-state index is 13.0. The van der Waals surface area contributed by atoms with Crippen molar-refractivity contribution in [2.45, 2.75) is 19.5 Å². The van der Waals surface area contributed by atoms with Crippen LogP contribution in [0.4, 0.5) is 0 Å². The normalized spacial score (nSPS) is 22.8. The van der Waals surface area contributed by atoms with E-state index in [1.807, 2.05) is 23.1 Å². The molecule has 27 heavy (non-hydrogen) atoms. The lowest BCUT2D eigenvalue weighted by Gasteiger charge is -2.42. The first-order valence-electron chi connectivity index (χ1n) is 9.36. The smallest absolute Gasteiger partial charge is 0.246 e. The molecule has 8 heteroatoms. The summed E-state index contributed by atoms with van der Waals surface area (Å²) < 4.78 is 16.1. The highest BCUT2D eigenvalue weighted by Gasteiger charge is 2.36. The molecular formula is C19H25N3O5. The van der Waals surface area contributed by atoms with Crippen LogP contribution in [-0.4, -0.2) is 85.3 Å². The Morgan fingerprint density at radius 3 is 2.63 bits per heavy atom. The summed E-state index contributed by atoms with van der Waals surface area (Å²) in [7, 11) is 0. The number of carbonyl (C=O) groups excluding carboxylic acids is 2. The van der Waals surface area contributed by atoms with E-state index in [9.17, 15) is 9.59 Å². The van der Waals surface area contributed by atoms with Gasteiger partial charge in [0.1, 0.15) is 6.04 Å². The average molecular weight is 375 g/mol. The molecule has 0 spiro atoms. The first-order chi connectivity index (χ1) is 13.1. The van der Waals surface area contributed by atoms with E-state index in [4.69, 9.17) is 14.2 Å². The van der Waals surface area contributed by atoms with E-state index >= 15 is 0 Å². The molecule has 1 aromatic carbocycles. The summed E-state index contributed by atoms with van der Waals surface area (Å²) in [5, 5.41) is 0. The molecule has 0 bridgehead atoms. The third kappa shape index (κ3) is 3.86. The van der Waals surface area contributed by atoms with E-state index in [1.165, 1.54) is 6.92 Å². The number of benzene rings is 1. The number of hydrogen-bond acceptors (Lipinski definition) is 6. The van der Waals surface area contributed by atoms with Crippen LogP contribution in [0.3, 0.4) is 0 Å². The summed E-state index contributed by atoms with van der Waals surface area (Å²) in [6.45, 7) is 6.60. The number of carbonyl (C=O) groups is 2. The molecule has 146 valence electrons. The van der Waals surface area contributed by atoms with Gasteiger partial charge in [-0.25, -0.2) is 0 Å². The number of fused-ring (bicyclic) bond motifs is 1. The minimum atomic E-state index is -0.441. The van der Waals surface area contributed by atoms with Crippen molar-refractivity contribution in [3.63, 3.8) is 0 Å². The first kappa shape index (κ1) is 18.1. The van der Waals surface area contributed by atoms with E-state index in [0.717, 1.165) is 23.6 Å². The van der Waals surface area contributed by atoms with Gasteiger partial charge in [-0.2, -0.15) is 0 Å². The molecule has 0 saturated carbocycles. The number of ether oxygens (including phenoxy) is 3. The molecule has 1 aromatic rings. The monoisotopic (exact) mass is 375 g/mol. The fraction of sp³-hybridized carbons (Fsp3) is 0.579. The zero-order chi connectivity index (χ0) is 18.8. The number of nitrogens with zero attached hydrogens (tertiary/aromatic N) is 3. The topological polar surface area (TPSA) is 71.6 Å². The fourth-order valence-electron chi connectivity index (χ4n) is 3.86. The van der Waals surface area contributed by atoms with Crippen molar-refractivity contribution >= 4 is 11.8 Å². The van der Waals surface area contributed by atoms with Gasteiger partial charge in [0.2, 0.25) is 18.6 Å². The van der Waals surface area contributed by atoms with Crippen molar-refractivity contribution in [3.05, 3.63) is 23.8 Å². The summed E-state index contributed by atoms with van der Waals surface area (Å²) in [5.74, 6) is 1.49. The molecule has 0 aliphatic carbocycles. The predicted octanol–water partition coefficient (Wildman–Crippen LogP) is 0.307. The van der Waals surface area contributed by atoms with Crippen LogP contribution in [-0.2, 0) is 20.9 Å². The van der Waals surface area contributed by atoms with Crippen LogP contribution < -0.4 is 9.47 Å². The summed E-state index contributed by atoms with van der Waals surface area (Å²) in [4.78, 5) is 30.8. The summed E-state index contributed by atoms with van der Waals surface area (Å²) in [6, 6.07) is 5.48. The van der Waals surface area contributed by atoms with Crippen molar-refractivity contribution < 1.29 is 23.8 Å². The van der Waals surface area contributed by atoms with Crippen molar-refractivity contribution in [3.8, 4) is 11.5 Å². The molecule has 0 radical (unpaired) electrons. The molecule has 0 N–H and O–H groups in total. The molecule has 1 atom stereocenters. The maximum Gasteiger partial charge on any atom is 0.246 e. The van der Waals surface area contributed by atoms with Gasteiger partial charge in [-0.05, 0) is 17.7 Å². The molecule has 1 unspecified atom stereocenters. The number of amides is 2.